The number of piperidine rings is 1. The van der Waals surface area contributed by atoms with E-state index in [0.717, 1.165) is 72.3 Å². The number of aliphatic hydroxyl groups is 1. The molecule has 3 fully saturated rings. The number of ether oxygens (including phenoxy) is 1. The van der Waals surface area contributed by atoms with Crippen molar-refractivity contribution in [3.05, 3.63) is 23.4 Å². The second-order valence-corrected chi connectivity index (χ2v) is 11.1. The fourth-order valence-corrected chi connectivity index (χ4v) is 5.73. The number of aromatic nitrogens is 1. The van der Waals surface area contributed by atoms with E-state index in [1.807, 2.05) is 0 Å². The van der Waals surface area contributed by atoms with Gasteiger partial charge in [-0.2, -0.15) is 0 Å². The van der Waals surface area contributed by atoms with Crippen molar-refractivity contribution in [1.82, 2.24) is 15.0 Å². The highest BCUT2D eigenvalue weighted by Crippen LogP contribution is 2.35. The van der Waals surface area contributed by atoms with Crippen LogP contribution in [0.25, 0.3) is 11.0 Å². The lowest BCUT2D eigenvalue weighted by atomic mass is 9.90. The first-order valence-electron chi connectivity index (χ1n) is 13.1. The zero-order valence-electron chi connectivity index (χ0n) is 20.5. The summed E-state index contributed by atoms with van der Waals surface area (Å²) < 4.78 is 12.1. The Balaban J connectivity index is 1.18. The topological polar surface area (TPSA) is 62.0 Å². The van der Waals surface area contributed by atoms with Crippen molar-refractivity contribution in [2.75, 3.05) is 40.3 Å². The Labute approximate surface area is 198 Å². The van der Waals surface area contributed by atoms with Gasteiger partial charge in [-0.25, -0.2) is 0 Å². The first-order valence-corrected chi connectivity index (χ1v) is 13.1. The number of aryl methyl sites for hydroxylation is 1. The molecule has 0 radical (unpaired) electrons. The number of hydrogen-bond donors (Lipinski definition) is 1. The van der Waals surface area contributed by atoms with Crippen molar-refractivity contribution in [3.63, 3.8) is 0 Å². The molecule has 6 heteroatoms. The van der Waals surface area contributed by atoms with Crippen molar-refractivity contribution in [3.8, 4) is 5.75 Å². The standard InChI is InChI=1S/C27H41N3O3/c1-29(2)17-23-26(32-18-20-6-7-20)11-9-22-24(28-33-27(22)23)10-8-19-12-14-30(15-13-19)16-21-4-3-5-25(21)31/h9,11,19-21,25,31H,3-8,10,12-18H2,1-2H3/t21-,25-/m0/s1. The molecule has 1 N–H and O–H groups in total. The molecular weight excluding hydrogens is 414 g/mol. The van der Waals surface area contributed by atoms with Gasteiger partial charge in [-0.15, -0.1) is 0 Å². The summed E-state index contributed by atoms with van der Waals surface area (Å²) in [5.41, 5.74) is 3.12. The third-order valence-corrected chi connectivity index (χ3v) is 8.03. The fraction of sp³-hybridized carbons (Fsp3) is 0.741. The Morgan fingerprint density at radius 2 is 1.91 bits per heavy atom. The van der Waals surface area contributed by atoms with Crippen LogP contribution in [0.3, 0.4) is 0 Å². The second-order valence-electron chi connectivity index (χ2n) is 11.1. The van der Waals surface area contributed by atoms with Gasteiger partial charge < -0.3 is 24.2 Å². The van der Waals surface area contributed by atoms with E-state index >= 15 is 0 Å². The van der Waals surface area contributed by atoms with Gasteiger partial charge in [0, 0.05) is 18.5 Å². The molecule has 6 nitrogen and oxygen atoms in total. The number of hydrogen-bond acceptors (Lipinski definition) is 6. The summed E-state index contributed by atoms with van der Waals surface area (Å²) in [6, 6.07) is 4.28. The van der Waals surface area contributed by atoms with Crippen LogP contribution in [0.4, 0.5) is 0 Å². The smallest absolute Gasteiger partial charge is 0.175 e. The molecule has 1 aliphatic heterocycles. The first kappa shape index (κ1) is 23.1. The molecule has 1 saturated heterocycles. The maximum atomic E-state index is 10.1. The third kappa shape index (κ3) is 5.72. The predicted octanol–water partition coefficient (Wildman–Crippen LogP) is 4.48. The number of benzene rings is 1. The number of rotatable bonds is 10. The first-order chi connectivity index (χ1) is 16.1. The van der Waals surface area contributed by atoms with Crippen LogP contribution in [0.2, 0.25) is 0 Å². The Kier molecular flexibility index (Phi) is 7.24. The molecule has 0 bridgehead atoms. The van der Waals surface area contributed by atoms with Gasteiger partial charge in [-0.3, -0.25) is 0 Å². The highest BCUT2D eigenvalue weighted by atomic mass is 16.5. The Hall–Kier alpha value is -1.63. The Morgan fingerprint density at radius 1 is 1.09 bits per heavy atom. The van der Waals surface area contributed by atoms with Crippen molar-refractivity contribution in [2.45, 2.75) is 70.4 Å². The maximum Gasteiger partial charge on any atom is 0.175 e. The molecule has 2 heterocycles. The summed E-state index contributed by atoms with van der Waals surface area (Å²) in [6.07, 6.45) is 10.6. The average Bonchev–Trinajstić information content (AvgIpc) is 3.41. The summed E-state index contributed by atoms with van der Waals surface area (Å²) in [7, 11) is 4.17. The average molecular weight is 456 g/mol. The Morgan fingerprint density at radius 3 is 2.61 bits per heavy atom. The summed E-state index contributed by atoms with van der Waals surface area (Å²) in [4.78, 5) is 4.75. The van der Waals surface area contributed by atoms with Gasteiger partial charge in [0.05, 0.1) is 24.0 Å². The van der Waals surface area contributed by atoms with Crippen LogP contribution < -0.4 is 4.74 Å². The minimum absolute atomic E-state index is 0.0693. The van der Waals surface area contributed by atoms with Gasteiger partial charge in [0.15, 0.2) is 5.58 Å². The van der Waals surface area contributed by atoms with Gasteiger partial charge in [-0.05, 0) is 108 Å². The molecule has 33 heavy (non-hydrogen) atoms. The summed E-state index contributed by atoms with van der Waals surface area (Å²) in [5, 5.41) is 15.8. The molecule has 1 aromatic heterocycles. The number of aliphatic hydroxyl groups excluding tert-OH is 1. The van der Waals surface area contributed by atoms with Gasteiger partial charge in [0.2, 0.25) is 0 Å². The van der Waals surface area contributed by atoms with E-state index in [9.17, 15) is 5.11 Å². The third-order valence-electron chi connectivity index (χ3n) is 8.03. The van der Waals surface area contributed by atoms with Gasteiger partial charge in [0.25, 0.3) is 0 Å². The summed E-state index contributed by atoms with van der Waals surface area (Å²) in [5.74, 6) is 2.93. The van der Waals surface area contributed by atoms with Crippen LogP contribution in [0.15, 0.2) is 16.7 Å². The summed E-state index contributed by atoms with van der Waals surface area (Å²) in [6.45, 7) is 5.03. The van der Waals surface area contributed by atoms with Crippen LogP contribution in [0.1, 0.15) is 62.6 Å². The van der Waals surface area contributed by atoms with Gasteiger partial charge in [0.1, 0.15) is 5.75 Å². The van der Waals surface area contributed by atoms with Crippen molar-refractivity contribution in [2.24, 2.45) is 17.8 Å². The monoisotopic (exact) mass is 455 g/mol. The second kappa shape index (κ2) is 10.3. The minimum Gasteiger partial charge on any atom is -0.493 e. The molecule has 3 aliphatic rings. The number of fused-ring (bicyclic) bond motifs is 1. The molecule has 2 atom stereocenters. The maximum absolute atomic E-state index is 10.1. The molecule has 0 unspecified atom stereocenters. The largest absolute Gasteiger partial charge is 0.493 e. The number of nitrogens with zero attached hydrogens (tertiary/aromatic N) is 3. The van der Waals surface area contributed by atoms with Crippen molar-refractivity contribution >= 4 is 11.0 Å². The predicted molar refractivity (Wildman–Crippen MR) is 130 cm³/mol. The van der Waals surface area contributed by atoms with E-state index in [1.54, 1.807) is 0 Å². The Bertz CT molecular complexity index is 915. The zero-order valence-corrected chi connectivity index (χ0v) is 20.5. The van der Waals surface area contributed by atoms with Crippen LogP contribution in [-0.2, 0) is 13.0 Å². The molecular formula is C27H41N3O3. The molecule has 182 valence electrons. The lowest BCUT2D eigenvalue weighted by Gasteiger charge is -2.34. The molecule has 0 spiro atoms. The van der Waals surface area contributed by atoms with Gasteiger partial charge >= 0.3 is 0 Å². The number of likely N-dealkylation sites (tertiary alicyclic amines) is 1. The van der Waals surface area contributed by atoms with E-state index in [4.69, 9.17) is 9.26 Å². The lowest BCUT2D eigenvalue weighted by molar-refractivity contribution is 0.0859. The SMILES string of the molecule is CN(C)Cc1c(OCC2CC2)ccc2c(CCC3CCN(C[C@@H]4CCC[C@@H]4O)CC3)noc12. The van der Waals surface area contributed by atoms with E-state index in [-0.39, 0.29) is 6.10 Å². The van der Waals surface area contributed by atoms with E-state index in [1.165, 1.54) is 58.0 Å². The van der Waals surface area contributed by atoms with E-state index in [2.05, 4.69) is 41.2 Å². The highest BCUT2D eigenvalue weighted by molar-refractivity contribution is 5.84. The molecule has 5 rings (SSSR count). The zero-order chi connectivity index (χ0) is 22.8. The lowest BCUT2D eigenvalue weighted by Crippen LogP contribution is -2.38. The highest BCUT2D eigenvalue weighted by Gasteiger charge is 2.29. The van der Waals surface area contributed by atoms with Crippen molar-refractivity contribution < 1.29 is 14.4 Å². The minimum atomic E-state index is -0.0693. The van der Waals surface area contributed by atoms with Crippen LogP contribution in [0, 0.1) is 17.8 Å². The van der Waals surface area contributed by atoms with E-state index < -0.39 is 0 Å². The van der Waals surface area contributed by atoms with Crippen molar-refractivity contribution in [1.29, 1.82) is 0 Å². The molecule has 2 aliphatic carbocycles. The van der Waals surface area contributed by atoms with E-state index in [0.29, 0.717) is 5.92 Å². The molecule has 1 aromatic carbocycles. The van der Waals surface area contributed by atoms with Crippen LogP contribution >= 0.6 is 0 Å². The van der Waals surface area contributed by atoms with Crippen LogP contribution in [0.5, 0.6) is 5.75 Å². The fourth-order valence-electron chi connectivity index (χ4n) is 5.73. The molecule has 2 saturated carbocycles. The summed E-state index contributed by atoms with van der Waals surface area (Å²) >= 11 is 0. The normalized spacial score (nSPS) is 24.8. The van der Waals surface area contributed by atoms with Gasteiger partial charge in [-0.1, -0.05) is 11.6 Å². The van der Waals surface area contributed by atoms with Crippen LogP contribution in [-0.4, -0.2) is 66.5 Å². The molecule has 2 aromatic rings. The quantitative estimate of drug-likeness (QED) is 0.570. The molecule has 0 amide bonds.